The fourth-order valence-electron chi connectivity index (χ4n) is 1.34. The van der Waals surface area contributed by atoms with Gasteiger partial charge in [-0.15, -0.1) is 5.10 Å². The van der Waals surface area contributed by atoms with Crippen molar-refractivity contribution in [2.75, 3.05) is 26.3 Å². The average Bonchev–Trinajstić information content (AvgIpc) is 2.31. The molecule has 1 heterocycles. The number of aromatic nitrogens is 2. The van der Waals surface area contributed by atoms with Crippen molar-refractivity contribution in [1.82, 2.24) is 15.1 Å². The molecule has 90 valence electrons. The molecule has 0 saturated heterocycles. The van der Waals surface area contributed by atoms with E-state index in [-0.39, 0.29) is 0 Å². The molecule has 16 heavy (non-hydrogen) atoms. The number of hydrogen-bond donors (Lipinski definition) is 0. The molecule has 1 rings (SSSR count). The number of halogens is 1. The predicted molar refractivity (Wildman–Crippen MR) is 64.5 cm³/mol. The highest BCUT2D eigenvalue weighted by atomic mass is 35.5. The molecule has 0 bridgehead atoms. The largest absolute Gasteiger partial charge is 0.380 e. The van der Waals surface area contributed by atoms with Gasteiger partial charge in [-0.25, -0.2) is 0 Å². The Morgan fingerprint density at radius 3 is 2.69 bits per heavy atom. The van der Waals surface area contributed by atoms with Crippen molar-refractivity contribution < 1.29 is 4.74 Å². The molecule has 0 fully saturated rings. The van der Waals surface area contributed by atoms with Gasteiger partial charge in [-0.1, -0.05) is 18.5 Å². The number of likely N-dealkylation sites (N-methyl/N-ethyl adjacent to an activating group) is 1. The van der Waals surface area contributed by atoms with E-state index in [2.05, 4.69) is 22.0 Å². The quantitative estimate of drug-likeness (QED) is 0.687. The van der Waals surface area contributed by atoms with E-state index in [0.29, 0.717) is 5.15 Å². The highest BCUT2D eigenvalue weighted by molar-refractivity contribution is 6.29. The van der Waals surface area contributed by atoms with Crippen LogP contribution in [0.4, 0.5) is 0 Å². The molecular formula is C11H18ClN3O. The summed E-state index contributed by atoms with van der Waals surface area (Å²) >= 11 is 5.68. The summed E-state index contributed by atoms with van der Waals surface area (Å²) in [6, 6.07) is 3.67. The molecule has 0 spiro atoms. The summed E-state index contributed by atoms with van der Waals surface area (Å²) in [5.74, 6) is 0. The lowest BCUT2D eigenvalue weighted by Gasteiger charge is -2.19. The van der Waals surface area contributed by atoms with Gasteiger partial charge in [-0.05, 0) is 25.6 Å². The molecular weight excluding hydrogens is 226 g/mol. The first-order chi connectivity index (χ1) is 7.76. The molecule has 0 radical (unpaired) electrons. The van der Waals surface area contributed by atoms with Crippen LogP contribution in [-0.4, -0.2) is 41.4 Å². The van der Waals surface area contributed by atoms with E-state index in [0.717, 1.165) is 38.5 Å². The Balaban J connectivity index is 2.40. The van der Waals surface area contributed by atoms with E-state index in [1.54, 1.807) is 6.07 Å². The lowest BCUT2D eigenvalue weighted by Crippen LogP contribution is -2.27. The van der Waals surface area contributed by atoms with E-state index in [1.165, 1.54) is 0 Å². The van der Waals surface area contributed by atoms with Gasteiger partial charge in [0.1, 0.15) is 0 Å². The number of rotatable bonds is 7. The van der Waals surface area contributed by atoms with Crippen LogP contribution in [-0.2, 0) is 11.3 Å². The van der Waals surface area contributed by atoms with Crippen molar-refractivity contribution in [3.8, 4) is 0 Å². The Kier molecular flexibility index (Phi) is 6.30. The minimum absolute atomic E-state index is 0.432. The Morgan fingerprint density at radius 1 is 1.31 bits per heavy atom. The van der Waals surface area contributed by atoms with Gasteiger partial charge in [0.05, 0.1) is 12.3 Å². The number of nitrogens with zero attached hydrogens (tertiary/aromatic N) is 3. The fourth-order valence-corrected chi connectivity index (χ4v) is 1.44. The summed E-state index contributed by atoms with van der Waals surface area (Å²) in [5.41, 5.74) is 0.933. The Hall–Kier alpha value is -0.710. The molecule has 0 aliphatic carbocycles. The van der Waals surface area contributed by atoms with E-state index in [1.807, 2.05) is 13.0 Å². The predicted octanol–water partition coefficient (Wildman–Crippen LogP) is 1.99. The minimum Gasteiger partial charge on any atom is -0.380 e. The van der Waals surface area contributed by atoms with E-state index in [9.17, 15) is 0 Å². The first-order valence-corrected chi connectivity index (χ1v) is 5.92. The SMILES string of the molecule is CCOCCN(CC)Cc1ccc(Cl)nn1. The van der Waals surface area contributed by atoms with Gasteiger partial charge in [-0.3, -0.25) is 4.90 Å². The Labute approximate surface area is 102 Å². The van der Waals surface area contributed by atoms with E-state index in [4.69, 9.17) is 16.3 Å². The van der Waals surface area contributed by atoms with Gasteiger partial charge in [0.2, 0.25) is 0 Å². The molecule has 0 atom stereocenters. The first-order valence-electron chi connectivity index (χ1n) is 5.54. The zero-order chi connectivity index (χ0) is 11.8. The highest BCUT2D eigenvalue weighted by Crippen LogP contribution is 2.04. The molecule has 5 heteroatoms. The zero-order valence-electron chi connectivity index (χ0n) is 9.82. The maximum absolute atomic E-state index is 5.68. The van der Waals surface area contributed by atoms with Crippen molar-refractivity contribution in [1.29, 1.82) is 0 Å². The van der Waals surface area contributed by atoms with E-state index >= 15 is 0 Å². The molecule has 0 N–H and O–H groups in total. The van der Waals surface area contributed by atoms with Crippen LogP contribution in [0, 0.1) is 0 Å². The second kappa shape index (κ2) is 7.54. The van der Waals surface area contributed by atoms with Gasteiger partial charge in [0.15, 0.2) is 5.15 Å². The minimum atomic E-state index is 0.432. The van der Waals surface area contributed by atoms with Crippen LogP contribution in [0.5, 0.6) is 0 Å². The monoisotopic (exact) mass is 243 g/mol. The van der Waals surface area contributed by atoms with E-state index < -0.39 is 0 Å². The van der Waals surface area contributed by atoms with Crippen molar-refractivity contribution in [2.24, 2.45) is 0 Å². The molecule has 1 aromatic heterocycles. The Bertz CT molecular complexity index is 292. The van der Waals surface area contributed by atoms with Gasteiger partial charge < -0.3 is 4.74 Å². The summed E-state index contributed by atoms with van der Waals surface area (Å²) < 4.78 is 5.32. The lowest BCUT2D eigenvalue weighted by atomic mass is 10.3. The first kappa shape index (κ1) is 13.4. The fraction of sp³-hybridized carbons (Fsp3) is 0.636. The summed E-state index contributed by atoms with van der Waals surface area (Å²) in [7, 11) is 0. The normalized spacial score (nSPS) is 11.0. The Morgan fingerprint density at radius 2 is 2.12 bits per heavy atom. The summed E-state index contributed by atoms with van der Waals surface area (Å²) in [4.78, 5) is 2.26. The lowest BCUT2D eigenvalue weighted by molar-refractivity contribution is 0.112. The molecule has 0 aliphatic heterocycles. The van der Waals surface area contributed by atoms with Crippen LogP contribution in [0.15, 0.2) is 12.1 Å². The summed E-state index contributed by atoms with van der Waals surface area (Å²) in [5, 5.41) is 8.28. The molecule has 0 aliphatic rings. The highest BCUT2D eigenvalue weighted by Gasteiger charge is 2.04. The molecule has 0 saturated carbocycles. The standard InChI is InChI=1S/C11H18ClN3O/c1-3-15(7-8-16-4-2)9-10-5-6-11(12)14-13-10/h5-6H,3-4,7-9H2,1-2H3. The van der Waals surface area contributed by atoms with Crippen molar-refractivity contribution >= 4 is 11.6 Å². The van der Waals surface area contributed by atoms with Gasteiger partial charge in [-0.2, -0.15) is 5.10 Å². The second-order valence-electron chi connectivity index (χ2n) is 3.41. The second-order valence-corrected chi connectivity index (χ2v) is 3.80. The maximum atomic E-state index is 5.68. The van der Waals surface area contributed by atoms with Crippen LogP contribution in [0.2, 0.25) is 5.15 Å². The van der Waals surface area contributed by atoms with Crippen LogP contribution < -0.4 is 0 Å². The van der Waals surface area contributed by atoms with Gasteiger partial charge >= 0.3 is 0 Å². The van der Waals surface area contributed by atoms with Crippen molar-refractivity contribution in [2.45, 2.75) is 20.4 Å². The van der Waals surface area contributed by atoms with Crippen LogP contribution in [0.3, 0.4) is 0 Å². The van der Waals surface area contributed by atoms with Crippen molar-refractivity contribution in [3.05, 3.63) is 23.0 Å². The number of ether oxygens (including phenoxy) is 1. The smallest absolute Gasteiger partial charge is 0.151 e. The third-order valence-electron chi connectivity index (χ3n) is 2.28. The molecule has 1 aromatic rings. The van der Waals surface area contributed by atoms with Crippen LogP contribution in [0.25, 0.3) is 0 Å². The summed E-state index contributed by atoms with van der Waals surface area (Å²) in [6.45, 7) is 8.31. The maximum Gasteiger partial charge on any atom is 0.151 e. The topological polar surface area (TPSA) is 38.2 Å². The molecule has 4 nitrogen and oxygen atoms in total. The summed E-state index contributed by atoms with van der Waals surface area (Å²) in [6.07, 6.45) is 0. The van der Waals surface area contributed by atoms with Crippen LogP contribution in [0.1, 0.15) is 19.5 Å². The molecule has 0 aromatic carbocycles. The van der Waals surface area contributed by atoms with Gasteiger partial charge in [0, 0.05) is 19.7 Å². The van der Waals surface area contributed by atoms with Crippen LogP contribution >= 0.6 is 11.6 Å². The number of hydrogen-bond acceptors (Lipinski definition) is 4. The average molecular weight is 244 g/mol. The zero-order valence-corrected chi connectivity index (χ0v) is 10.6. The third-order valence-corrected chi connectivity index (χ3v) is 2.48. The van der Waals surface area contributed by atoms with Crippen molar-refractivity contribution in [3.63, 3.8) is 0 Å². The van der Waals surface area contributed by atoms with Gasteiger partial charge in [0.25, 0.3) is 0 Å². The third kappa shape index (κ3) is 4.88. The molecule has 0 amide bonds. The molecule has 0 unspecified atom stereocenters.